The second-order valence-corrected chi connectivity index (χ2v) is 18.0. The molecular formula is C61H59N3O. The first-order valence-corrected chi connectivity index (χ1v) is 22.4. The van der Waals surface area contributed by atoms with Gasteiger partial charge < -0.3 is 5.11 Å². The maximum absolute atomic E-state index is 12.4. The van der Waals surface area contributed by atoms with Crippen molar-refractivity contribution in [3.63, 3.8) is 0 Å². The predicted molar refractivity (Wildman–Crippen MR) is 274 cm³/mol. The highest BCUT2D eigenvalue weighted by Gasteiger charge is 2.25. The third kappa shape index (κ3) is 8.30. The van der Waals surface area contributed by atoms with Crippen LogP contribution in [-0.2, 0) is 0 Å². The molecule has 0 spiro atoms. The molecule has 4 heteroatoms. The maximum Gasteiger partial charge on any atom is 0.149 e. The Balaban J connectivity index is 1.37. The van der Waals surface area contributed by atoms with Gasteiger partial charge in [-0.3, -0.25) is 9.55 Å². The molecule has 2 heterocycles. The van der Waals surface area contributed by atoms with Crippen molar-refractivity contribution < 1.29 is 13.3 Å². The van der Waals surface area contributed by atoms with Gasteiger partial charge in [0.2, 0.25) is 0 Å². The average molecular weight is 856 g/mol. The molecule has 65 heavy (non-hydrogen) atoms. The van der Waals surface area contributed by atoms with E-state index in [1.54, 1.807) is 45.9 Å². The fourth-order valence-electron chi connectivity index (χ4n) is 9.03. The molecule has 0 unspecified atom stereocenters. The van der Waals surface area contributed by atoms with Crippen molar-refractivity contribution in [2.45, 2.75) is 85.8 Å². The Morgan fingerprint density at radius 2 is 1.18 bits per heavy atom. The molecule has 0 bridgehead atoms. The number of rotatable bonds is 11. The number of para-hydroxylation sites is 1. The maximum atomic E-state index is 12.4. The van der Waals surface area contributed by atoms with E-state index in [9.17, 15) is 9.22 Å². The van der Waals surface area contributed by atoms with E-state index in [4.69, 9.17) is 14.1 Å². The second-order valence-electron chi connectivity index (χ2n) is 18.0. The largest absolute Gasteiger partial charge is 0.507 e. The summed E-state index contributed by atoms with van der Waals surface area (Å²) in [6.07, 6.45) is 1.83. The van der Waals surface area contributed by atoms with Gasteiger partial charge in [0.25, 0.3) is 0 Å². The number of benzene rings is 7. The summed E-state index contributed by atoms with van der Waals surface area (Å²) in [5.41, 5.74) is 13.3. The zero-order chi connectivity index (χ0) is 50.8. The van der Waals surface area contributed by atoms with Gasteiger partial charge in [-0.1, -0.05) is 159 Å². The molecule has 4 nitrogen and oxygen atoms in total. The van der Waals surface area contributed by atoms with Gasteiger partial charge in [0, 0.05) is 25.5 Å². The lowest BCUT2D eigenvalue weighted by atomic mass is 9.84. The first-order valence-electron chi connectivity index (χ1n) is 25.4. The average Bonchev–Trinajstić information content (AvgIpc) is 3.72. The van der Waals surface area contributed by atoms with E-state index in [-0.39, 0.29) is 28.6 Å². The first kappa shape index (κ1) is 36.3. The summed E-state index contributed by atoms with van der Waals surface area (Å²) in [7, 11) is 0. The SMILES string of the molecule is [2H]C([2H])([2H])c1cc(-c2c(C(C)C)cccc2C([2H])(C)C)ccc1-n1c(-c2cc(C([2H])(C)C)cc(C([2H])(C)C)c2O)nc2c(-c3cc(-c4ccccc4)cc(-c4cc(-c5ccccc5)ccn4)c3)cccc21. The summed E-state index contributed by atoms with van der Waals surface area (Å²) >= 11 is 0. The molecule has 7 aromatic carbocycles. The minimum Gasteiger partial charge on any atom is -0.507 e. The number of phenolic OH excluding ortho intramolecular Hbond substituents is 1. The van der Waals surface area contributed by atoms with Gasteiger partial charge in [0.15, 0.2) is 0 Å². The molecule has 0 aliphatic carbocycles. The normalized spacial score (nSPS) is 13.8. The van der Waals surface area contributed by atoms with Crippen LogP contribution in [-0.4, -0.2) is 19.6 Å². The van der Waals surface area contributed by atoms with E-state index in [1.807, 2.05) is 116 Å². The molecular weight excluding hydrogens is 791 g/mol. The van der Waals surface area contributed by atoms with Gasteiger partial charge in [-0.05, 0) is 152 Å². The lowest BCUT2D eigenvalue weighted by Gasteiger charge is -2.22. The molecule has 0 fully saturated rings. The molecule has 9 rings (SSSR count). The van der Waals surface area contributed by atoms with Crippen molar-refractivity contribution >= 4 is 11.0 Å². The highest BCUT2D eigenvalue weighted by atomic mass is 16.3. The van der Waals surface area contributed by atoms with E-state index in [2.05, 4.69) is 62.4 Å². The Kier molecular flexibility index (Phi) is 9.97. The van der Waals surface area contributed by atoms with E-state index >= 15 is 0 Å². The lowest BCUT2D eigenvalue weighted by molar-refractivity contribution is 0.466. The standard InChI is InChI=1S/C61H59N3O/c1-37(2)46-34-53(40(7)8)60(65)54(35-46)61-63-59-52(24-17-25-57(59)64(61)56-27-26-45(30-41(56)9)58-50(38(3)4)22-16-23-51(58)39(5)6)48-31-47(43-20-14-11-15-21-43)32-49(33-48)55-36-44(28-29-62-55)42-18-12-10-13-19-42/h10-40,65H,1-9H3/i9D3,37D,38D,40D. The van der Waals surface area contributed by atoms with Crippen LogP contribution in [0.15, 0.2) is 164 Å². The van der Waals surface area contributed by atoms with E-state index in [0.29, 0.717) is 33.4 Å². The molecule has 9 aromatic rings. The molecule has 0 aliphatic rings. The Morgan fingerprint density at radius 3 is 1.86 bits per heavy atom. The van der Waals surface area contributed by atoms with Gasteiger partial charge in [-0.2, -0.15) is 0 Å². The van der Waals surface area contributed by atoms with Crippen molar-refractivity contribution in [1.82, 2.24) is 14.5 Å². The van der Waals surface area contributed by atoms with Crippen LogP contribution >= 0.6 is 0 Å². The zero-order valence-corrected chi connectivity index (χ0v) is 38.5. The van der Waals surface area contributed by atoms with Gasteiger partial charge in [0.1, 0.15) is 11.6 Å². The molecule has 0 saturated heterocycles. The van der Waals surface area contributed by atoms with Gasteiger partial charge in [0.05, 0.1) is 28.0 Å². The third-order valence-corrected chi connectivity index (χ3v) is 12.4. The van der Waals surface area contributed by atoms with Crippen molar-refractivity contribution in [3.8, 4) is 78.6 Å². The Hall–Kier alpha value is -7.04. The van der Waals surface area contributed by atoms with Crippen molar-refractivity contribution in [2.24, 2.45) is 0 Å². The quantitative estimate of drug-likeness (QED) is 0.141. The van der Waals surface area contributed by atoms with Crippen molar-refractivity contribution in [3.05, 3.63) is 192 Å². The van der Waals surface area contributed by atoms with Gasteiger partial charge >= 0.3 is 0 Å². The molecule has 1 N–H and O–H groups in total. The van der Waals surface area contributed by atoms with Crippen LogP contribution in [0.1, 0.15) is 115 Å². The van der Waals surface area contributed by atoms with Crippen LogP contribution in [0.5, 0.6) is 5.75 Å². The van der Waals surface area contributed by atoms with Crippen LogP contribution < -0.4 is 0 Å². The minimum atomic E-state index is -2.64. The van der Waals surface area contributed by atoms with Crippen LogP contribution in [0.2, 0.25) is 0 Å². The van der Waals surface area contributed by atoms with Crippen LogP contribution in [0, 0.1) is 6.85 Å². The fourth-order valence-corrected chi connectivity index (χ4v) is 9.03. The highest BCUT2D eigenvalue weighted by Crippen LogP contribution is 2.44. The van der Waals surface area contributed by atoms with Gasteiger partial charge in [-0.15, -0.1) is 0 Å². The van der Waals surface area contributed by atoms with Crippen molar-refractivity contribution in [1.29, 1.82) is 0 Å². The number of aromatic nitrogens is 3. The second kappa shape index (κ2) is 17.9. The molecule has 0 aliphatic heterocycles. The number of aryl methyl sites for hydroxylation is 1. The smallest absolute Gasteiger partial charge is 0.149 e. The molecule has 324 valence electrons. The lowest BCUT2D eigenvalue weighted by Crippen LogP contribution is -2.04. The zero-order valence-electron chi connectivity index (χ0n) is 44.5. The summed E-state index contributed by atoms with van der Waals surface area (Å²) in [5.74, 6) is -3.23. The number of hydrogen-bond acceptors (Lipinski definition) is 3. The number of pyridine rings is 1. The Morgan fingerprint density at radius 1 is 0.523 bits per heavy atom. The monoisotopic (exact) mass is 856 g/mol. The number of aromatic hydroxyl groups is 1. The van der Waals surface area contributed by atoms with E-state index in [1.165, 1.54) is 0 Å². The highest BCUT2D eigenvalue weighted by molar-refractivity contribution is 5.98. The summed E-state index contributed by atoms with van der Waals surface area (Å²) in [6, 6.07) is 51.6. The van der Waals surface area contributed by atoms with Crippen LogP contribution in [0.3, 0.4) is 0 Å². The fraction of sp³-hybridized carbons (Fsp3) is 0.213. The van der Waals surface area contributed by atoms with E-state index in [0.717, 1.165) is 61.3 Å². The third-order valence-electron chi connectivity index (χ3n) is 12.4. The van der Waals surface area contributed by atoms with Crippen molar-refractivity contribution in [2.75, 3.05) is 0 Å². The number of fused-ring (bicyclic) bond motifs is 1. The van der Waals surface area contributed by atoms with Gasteiger partial charge in [-0.25, -0.2) is 4.98 Å². The summed E-state index contributed by atoms with van der Waals surface area (Å²) in [6.45, 7) is 12.2. The van der Waals surface area contributed by atoms with Crippen LogP contribution in [0.25, 0.3) is 83.9 Å². The number of hydrogen-bond donors (Lipinski definition) is 1. The predicted octanol–water partition coefficient (Wildman–Crippen LogP) is 16.9. The molecule has 0 saturated carbocycles. The summed E-state index contributed by atoms with van der Waals surface area (Å²) in [5, 5.41) is 12.4. The number of imidazole rings is 1. The Labute approximate surface area is 393 Å². The minimum absolute atomic E-state index is 0.0588. The van der Waals surface area contributed by atoms with E-state index < -0.39 is 24.5 Å². The Bertz CT molecular complexity index is 3450. The molecule has 0 radical (unpaired) electrons. The number of phenols is 1. The molecule has 2 aromatic heterocycles. The topological polar surface area (TPSA) is 50.9 Å². The van der Waals surface area contributed by atoms with Crippen LogP contribution in [0.4, 0.5) is 0 Å². The summed E-state index contributed by atoms with van der Waals surface area (Å²) < 4.78 is 56.8. The molecule has 0 amide bonds. The molecule has 0 atom stereocenters. The first-order chi connectivity index (χ1) is 33.5. The summed E-state index contributed by atoms with van der Waals surface area (Å²) in [4.78, 5) is 10.3. The number of nitrogens with zero attached hydrogens (tertiary/aromatic N) is 3.